The average molecular weight is 667 g/mol. The summed E-state index contributed by atoms with van der Waals surface area (Å²) < 4.78 is 0. The summed E-state index contributed by atoms with van der Waals surface area (Å²) in [5.74, 6) is -3.15. The number of nitrogens with one attached hydrogen (secondary N) is 4. The molecule has 0 fully saturated rings. The molecule has 10 nitrogen and oxygen atoms in total. The highest BCUT2D eigenvalue weighted by atomic mass is 16.3. The molecule has 0 aliphatic rings. The molecule has 0 spiro atoms. The van der Waals surface area contributed by atoms with E-state index in [1.807, 2.05) is 26.0 Å². The van der Waals surface area contributed by atoms with E-state index in [0.717, 1.165) is 88.2 Å². The number of hydrogen-bond donors (Lipinski definition) is 6. The Balaban J connectivity index is 1.89. The van der Waals surface area contributed by atoms with E-state index in [9.17, 15) is 29.4 Å². The molecule has 0 aromatic heterocycles. The van der Waals surface area contributed by atoms with E-state index in [0.29, 0.717) is 25.7 Å². The number of amides is 4. The standard InChI is InChI=1S/C38H58N4O6/c1-5-9-12-14-16-27-19-23-31(33(43)25-27)37(47)41-39-35(45)29(8-4)21-22-30(18-11-7-3)36(46)40-42-38(48)32-24-20-28(26-34(32)44)17-15-13-10-6-2/h19-20,23-26,29-30,43-44H,5-18,21-22H2,1-4H3,(H,39,45)(H,40,46)(H,41,47)(H,42,48). The van der Waals surface area contributed by atoms with Gasteiger partial charge in [0.15, 0.2) is 0 Å². The number of aromatic hydroxyl groups is 2. The van der Waals surface area contributed by atoms with Crippen LogP contribution in [0.5, 0.6) is 11.5 Å². The predicted molar refractivity (Wildman–Crippen MR) is 189 cm³/mol. The van der Waals surface area contributed by atoms with Crippen molar-refractivity contribution in [2.24, 2.45) is 11.8 Å². The number of unbranched alkanes of at least 4 members (excludes halogenated alkanes) is 7. The molecule has 0 aliphatic heterocycles. The van der Waals surface area contributed by atoms with E-state index in [1.54, 1.807) is 24.3 Å². The van der Waals surface area contributed by atoms with Gasteiger partial charge in [0, 0.05) is 11.8 Å². The molecule has 10 heteroatoms. The Morgan fingerprint density at radius 1 is 0.542 bits per heavy atom. The minimum absolute atomic E-state index is 0.0747. The van der Waals surface area contributed by atoms with E-state index < -0.39 is 23.7 Å². The molecule has 0 saturated heterocycles. The number of phenolic OH excluding ortho intramolecular Hbond substituents is 2. The Bertz CT molecular complexity index is 1310. The van der Waals surface area contributed by atoms with Crippen LogP contribution in [0.25, 0.3) is 0 Å². The van der Waals surface area contributed by atoms with Crippen LogP contribution >= 0.6 is 0 Å². The van der Waals surface area contributed by atoms with Gasteiger partial charge in [-0.25, -0.2) is 0 Å². The van der Waals surface area contributed by atoms with Crippen molar-refractivity contribution < 1.29 is 29.4 Å². The Morgan fingerprint density at radius 3 is 1.40 bits per heavy atom. The molecule has 2 atom stereocenters. The zero-order valence-electron chi connectivity index (χ0n) is 29.5. The van der Waals surface area contributed by atoms with Crippen molar-refractivity contribution in [1.29, 1.82) is 0 Å². The van der Waals surface area contributed by atoms with Gasteiger partial charge in [-0.2, -0.15) is 0 Å². The van der Waals surface area contributed by atoms with Crippen molar-refractivity contribution in [1.82, 2.24) is 21.7 Å². The quantitative estimate of drug-likeness (QED) is 0.0612. The number of aryl methyl sites for hydroxylation is 2. The van der Waals surface area contributed by atoms with Crippen LogP contribution in [0.15, 0.2) is 36.4 Å². The normalized spacial score (nSPS) is 12.2. The molecular weight excluding hydrogens is 608 g/mol. The molecule has 2 aromatic rings. The first kappa shape index (κ1) is 40.1. The lowest BCUT2D eigenvalue weighted by Gasteiger charge is -2.20. The molecule has 0 aliphatic carbocycles. The van der Waals surface area contributed by atoms with Crippen molar-refractivity contribution >= 4 is 23.6 Å². The maximum atomic E-state index is 13.1. The largest absolute Gasteiger partial charge is 0.507 e. The van der Waals surface area contributed by atoms with Gasteiger partial charge in [0.25, 0.3) is 11.8 Å². The summed E-state index contributed by atoms with van der Waals surface area (Å²) in [5, 5.41) is 20.9. The van der Waals surface area contributed by atoms with Gasteiger partial charge < -0.3 is 10.2 Å². The fourth-order valence-corrected chi connectivity index (χ4v) is 5.72. The first-order valence-electron chi connectivity index (χ1n) is 18.0. The third-order valence-electron chi connectivity index (χ3n) is 8.85. The Labute approximate surface area is 286 Å². The summed E-state index contributed by atoms with van der Waals surface area (Å²) in [6, 6.07) is 9.95. The summed E-state index contributed by atoms with van der Waals surface area (Å²) in [4.78, 5) is 51.5. The smallest absolute Gasteiger partial charge is 0.273 e. The molecule has 266 valence electrons. The van der Waals surface area contributed by atoms with Crippen LogP contribution in [-0.2, 0) is 22.4 Å². The van der Waals surface area contributed by atoms with Gasteiger partial charge in [-0.3, -0.25) is 40.9 Å². The van der Waals surface area contributed by atoms with Gasteiger partial charge in [0.05, 0.1) is 11.1 Å². The van der Waals surface area contributed by atoms with Crippen LogP contribution in [0.2, 0.25) is 0 Å². The van der Waals surface area contributed by atoms with Gasteiger partial charge >= 0.3 is 0 Å². The number of hydrogen-bond acceptors (Lipinski definition) is 6. The van der Waals surface area contributed by atoms with Gasteiger partial charge in [0.2, 0.25) is 11.8 Å². The van der Waals surface area contributed by atoms with Crippen molar-refractivity contribution in [3.05, 3.63) is 58.7 Å². The van der Waals surface area contributed by atoms with Gasteiger partial charge in [-0.05, 0) is 86.8 Å². The number of benzene rings is 2. The third-order valence-corrected chi connectivity index (χ3v) is 8.85. The second-order valence-electron chi connectivity index (χ2n) is 12.7. The molecule has 2 rings (SSSR count). The topological polar surface area (TPSA) is 157 Å². The zero-order valence-corrected chi connectivity index (χ0v) is 29.5. The first-order chi connectivity index (χ1) is 23.1. The Morgan fingerprint density at radius 2 is 0.979 bits per heavy atom. The molecular formula is C38H58N4O6. The number of rotatable bonds is 21. The molecule has 4 amide bonds. The van der Waals surface area contributed by atoms with Crippen LogP contribution in [0.4, 0.5) is 0 Å². The van der Waals surface area contributed by atoms with E-state index in [-0.39, 0.29) is 34.4 Å². The maximum Gasteiger partial charge on any atom is 0.273 e. The van der Waals surface area contributed by atoms with Gasteiger partial charge in [-0.15, -0.1) is 0 Å². The minimum Gasteiger partial charge on any atom is -0.507 e. The molecule has 0 saturated carbocycles. The summed E-state index contributed by atoms with van der Waals surface area (Å²) in [5.41, 5.74) is 11.9. The van der Waals surface area contributed by atoms with E-state index in [4.69, 9.17) is 0 Å². The Kier molecular flexibility index (Phi) is 18.8. The van der Waals surface area contributed by atoms with Crippen LogP contribution in [0.3, 0.4) is 0 Å². The summed E-state index contributed by atoms with van der Waals surface area (Å²) in [7, 11) is 0. The van der Waals surface area contributed by atoms with E-state index >= 15 is 0 Å². The first-order valence-corrected chi connectivity index (χ1v) is 18.0. The fourth-order valence-electron chi connectivity index (χ4n) is 5.72. The van der Waals surface area contributed by atoms with E-state index in [2.05, 4.69) is 35.6 Å². The molecule has 48 heavy (non-hydrogen) atoms. The summed E-state index contributed by atoms with van der Waals surface area (Å²) in [6.07, 6.45) is 14.1. The summed E-state index contributed by atoms with van der Waals surface area (Å²) in [6.45, 7) is 8.19. The van der Waals surface area contributed by atoms with Crippen LogP contribution in [0.1, 0.15) is 149 Å². The number of carbonyl (C=O) groups excluding carboxylic acids is 4. The van der Waals surface area contributed by atoms with Crippen molar-refractivity contribution in [2.45, 2.75) is 130 Å². The number of phenols is 2. The molecule has 2 unspecified atom stereocenters. The highest BCUT2D eigenvalue weighted by Crippen LogP contribution is 2.23. The highest BCUT2D eigenvalue weighted by Gasteiger charge is 2.24. The monoisotopic (exact) mass is 666 g/mol. The lowest BCUT2D eigenvalue weighted by Crippen LogP contribution is -2.45. The van der Waals surface area contributed by atoms with Gasteiger partial charge in [0.1, 0.15) is 11.5 Å². The maximum absolute atomic E-state index is 13.1. The van der Waals surface area contributed by atoms with Crippen LogP contribution in [0, 0.1) is 11.8 Å². The molecule has 6 N–H and O–H groups in total. The van der Waals surface area contributed by atoms with Gasteiger partial charge in [-0.1, -0.05) is 91.2 Å². The molecule has 0 bridgehead atoms. The fraction of sp³-hybridized carbons (Fsp3) is 0.579. The third kappa shape index (κ3) is 14.0. The average Bonchev–Trinajstić information content (AvgIpc) is 3.08. The Hall–Kier alpha value is -4.08. The zero-order chi connectivity index (χ0) is 35.3. The molecule has 2 aromatic carbocycles. The van der Waals surface area contributed by atoms with Crippen molar-refractivity contribution in [2.75, 3.05) is 0 Å². The van der Waals surface area contributed by atoms with Crippen LogP contribution < -0.4 is 21.7 Å². The van der Waals surface area contributed by atoms with Crippen molar-refractivity contribution in [3.63, 3.8) is 0 Å². The second-order valence-corrected chi connectivity index (χ2v) is 12.7. The molecule has 0 heterocycles. The van der Waals surface area contributed by atoms with E-state index in [1.165, 1.54) is 0 Å². The lowest BCUT2D eigenvalue weighted by atomic mass is 9.90. The van der Waals surface area contributed by atoms with Crippen LogP contribution in [-0.4, -0.2) is 33.8 Å². The number of hydrazine groups is 2. The summed E-state index contributed by atoms with van der Waals surface area (Å²) >= 11 is 0. The highest BCUT2D eigenvalue weighted by molar-refractivity contribution is 5.98. The predicted octanol–water partition coefficient (Wildman–Crippen LogP) is 7.18. The lowest BCUT2D eigenvalue weighted by molar-refractivity contribution is -0.128. The second kappa shape index (κ2) is 22.5. The minimum atomic E-state index is -0.614. The SMILES string of the molecule is CCCCCCc1ccc(C(=O)NNC(=O)C(CC)CCC(CCCC)C(=O)NNC(=O)c2ccc(CCCCCC)cc2O)c(O)c1. The van der Waals surface area contributed by atoms with Crippen molar-refractivity contribution in [3.8, 4) is 11.5 Å². The molecule has 0 radical (unpaired) electrons. The number of carbonyl (C=O) groups is 4.